The molecule has 28 heavy (non-hydrogen) atoms. The average molecular weight is 412 g/mol. The molecule has 0 atom stereocenters. The molecule has 0 spiro atoms. The van der Waals surface area contributed by atoms with Crippen molar-refractivity contribution in [2.75, 3.05) is 25.0 Å². The molecular weight excluding hydrogens is 378 g/mol. The molecule has 0 aromatic heterocycles. The maximum atomic E-state index is 12.8. The monoisotopic (exact) mass is 411 g/mol. The summed E-state index contributed by atoms with van der Waals surface area (Å²) >= 11 is 0. The first-order chi connectivity index (χ1) is 12.8. The van der Waals surface area contributed by atoms with Gasteiger partial charge in [-0.2, -0.15) is 4.31 Å². The molecule has 0 aliphatic carbocycles. The second-order valence-electron chi connectivity index (χ2n) is 7.81. The van der Waals surface area contributed by atoms with Crippen LogP contribution in [0, 0.1) is 19.3 Å². The van der Waals surface area contributed by atoms with Crippen LogP contribution in [0.3, 0.4) is 0 Å². The van der Waals surface area contributed by atoms with Crippen molar-refractivity contribution in [3.63, 3.8) is 0 Å². The number of rotatable bonds is 8. The number of carbonyl (C=O) groups excluding carboxylic acids is 2. The van der Waals surface area contributed by atoms with Gasteiger partial charge in [-0.25, -0.2) is 8.42 Å². The molecule has 158 valence electrons. The first-order valence-corrected chi connectivity index (χ1v) is 11.0. The Morgan fingerprint density at radius 3 is 2.14 bits per heavy atom. The molecule has 2 amide bonds. The summed E-state index contributed by atoms with van der Waals surface area (Å²) in [4.78, 5) is 24.3. The van der Waals surface area contributed by atoms with Crippen molar-refractivity contribution < 1.29 is 18.0 Å². The zero-order chi connectivity index (χ0) is 21.7. The van der Waals surface area contributed by atoms with E-state index in [-0.39, 0.29) is 29.7 Å². The van der Waals surface area contributed by atoms with Gasteiger partial charge in [-0.1, -0.05) is 34.6 Å². The van der Waals surface area contributed by atoms with Crippen molar-refractivity contribution in [1.29, 1.82) is 0 Å². The number of anilines is 1. The van der Waals surface area contributed by atoms with E-state index in [0.717, 1.165) is 11.1 Å². The minimum atomic E-state index is -3.62. The Hall–Kier alpha value is -1.93. The van der Waals surface area contributed by atoms with Crippen molar-refractivity contribution >= 4 is 27.5 Å². The first kappa shape index (κ1) is 24.1. The van der Waals surface area contributed by atoms with Crippen molar-refractivity contribution in [1.82, 2.24) is 9.62 Å². The van der Waals surface area contributed by atoms with E-state index in [1.54, 1.807) is 40.7 Å². The van der Waals surface area contributed by atoms with Gasteiger partial charge < -0.3 is 10.6 Å². The lowest BCUT2D eigenvalue weighted by Gasteiger charge is -2.20. The molecule has 0 radical (unpaired) electrons. The highest BCUT2D eigenvalue weighted by Crippen LogP contribution is 2.26. The van der Waals surface area contributed by atoms with Crippen LogP contribution < -0.4 is 10.6 Å². The van der Waals surface area contributed by atoms with Gasteiger partial charge in [0.2, 0.25) is 21.8 Å². The van der Waals surface area contributed by atoms with Gasteiger partial charge in [0.15, 0.2) is 0 Å². The molecule has 7 nitrogen and oxygen atoms in total. The fourth-order valence-corrected chi connectivity index (χ4v) is 4.16. The van der Waals surface area contributed by atoms with E-state index in [4.69, 9.17) is 0 Å². The third-order valence-corrected chi connectivity index (χ3v) is 6.60. The van der Waals surface area contributed by atoms with Crippen molar-refractivity contribution in [3.8, 4) is 0 Å². The number of nitrogens with zero attached hydrogens (tertiary/aromatic N) is 1. The summed E-state index contributed by atoms with van der Waals surface area (Å²) in [6, 6.07) is 3.13. The van der Waals surface area contributed by atoms with Gasteiger partial charge in [-0.05, 0) is 37.1 Å². The highest BCUT2D eigenvalue weighted by molar-refractivity contribution is 7.89. The Labute approximate surface area is 168 Å². The van der Waals surface area contributed by atoms with Gasteiger partial charge in [-0.15, -0.1) is 0 Å². The zero-order valence-corrected chi connectivity index (χ0v) is 18.8. The van der Waals surface area contributed by atoms with Crippen LogP contribution in [0.4, 0.5) is 5.69 Å². The van der Waals surface area contributed by atoms with Crippen LogP contribution in [0.2, 0.25) is 0 Å². The van der Waals surface area contributed by atoms with E-state index in [1.807, 2.05) is 13.8 Å². The van der Waals surface area contributed by atoms with Gasteiger partial charge in [-0.3, -0.25) is 9.59 Å². The molecular formula is C20H33N3O4S. The Morgan fingerprint density at radius 2 is 1.64 bits per heavy atom. The fourth-order valence-electron chi connectivity index (χ4n) is 2.59. The van der Waals surface area contributed by atoms with E-state index >= 15 is 0 Å². The molecule has 0 saturated heterocycles. The van der Waals surface area contributed by atoms with Crippen LogP contribution in [0.1, 0.15) is 52.2 Å². The molecule has 0 aliphatic heterocycles. The molecule has 0 heterocycles. The van der Waals surface area contributed by atoms with Crippen molar-refractivity contribution in [2.24, 2.45) is 5.41 Å². The summed E-state index contributed by atoms with van der Waals surface area (Å²) in [5, 5.41) is 5.51. The summed E-state index contributed by atoms with van der Waals surface area (Å²) in [5.74, 6) is -0.409. The number of sulfonamides is 1. The molecule has 1 aromatic carbocycles. The Kier molecular flexibility index (Phi) is 8.19. The van der Waals surface area contributed by atoms with Crippen LogP contribution in [0.15, 0.2) is 17.0 Å². The van der Waals surface area contributed by atoms with Crippen LogP contribution in [-0.4, -0.2) is 44.2 Å². The van der Waals surface area contributed by atoms with Crippen LogP contribution in [0.25, 0.3) is 0 Å². The molecule has 0 fully saturated rings. The first-order valence-electron chi connectivity index (χ1n) is 9.54. The van der Waals surface area contributed by atoms with E-state index in [0.29, 0.717) is 18.8 Å². The number of nitrogens with one attached hydrogen (secondary N) is 2. The summed E-state index contributed by atoms with van der Waals surface area (Å²) in [6.45, 7) is 13.6. The minimum absolute atomic E-state index is 0.104. The second-order valence-corrected chi connectivity index (χ2v) is 9.74. The predicted octanol–water partition coefficient (Wildman–Crippen LogP) is 2.82. The highest BCUT2D eigenvalue weighted by atomic mass is 32.2. The van der Waals surface area contributed by atoms with E-state index in [2.05, 4.69) is 10.6 Å². The van der Waals surface area contributed by atoms with E-state index < -0.39 is 15.4 Å². The predicted molar refractivity (Wildman–Crippen MR) is 112 cm³/mol. The molecule has 2 N–H and O–H groups in total. The molecule has 1 rings (SSSR count). The number of carbonyl (C=O) groups is 2. The number of aryl methyl sites for hydroxylation is 1. The summed E-state index contributed by atoms with van der Waals surface area (Å²) in [6.07, 6.45) is 0.104. The van der Waals surface area contributed by atoms with E-state index in [1.165, 1.54) is 10.4 Å². The van der Waals surface area contributed by atoms with Crippen LogP contribution >= 0.6 is 0 Å². The molecule has 0 saturated carbocycles. The quantitative estimate of drug-likeness (QED) is 0.687. The summed E-state index contributed by atoms with van der Waals surface area (Å²) in [5.41, 5.74) is 1.55. The van der Waals surface area contributed by atoms with Crippen LogP contribution in [0.5, 0.6) is 0 Å². The Morgan fingerprint density at radius 1 is 1.07 bits per heavy atom. The molecule has 0 unspecified atom stereocenters. The Bertz CT molecular complexity index is 823. The largest absolute Gasteiger partial charge is 0.355 e. The number of hydrogen-bond acceptors (Lipinski definition) is 4. The van der Waals surface area contributed by atoms with Gasteiger partial charge in [0.25, 0.3) is 0 Å². The SMILES string of the molecule is CCN(CC)S(=O)(=O)c1cc(C)c(C)c(NC(=O)CCNC(=O)C(C)(C)C)c1. The van der Waals surface area contributed by atoms with E-state index in [9.17, 15) is 18.0 Å². The van der Waals surface area contributed by atoms with Crippen molar-refractivity contribution in [2.45, 2.75) is 59.8 Å². The average Bonchev–Trinajstić information content (AvgIpc) is 2.58. The molecule has 8 heteroatoms. The third-order valence-electron chi connectivity index (χ3n) is 4.58. The number of hydrogen-bond donors (Lipinski definition) is 2. The lowest BCUT2D eigenvalue weighted by atomic mass is 9.96. The normalized spacial score (nSPS) is 12.1. The maximum Gasteiger partial charge on any atom is 0.243 e. The number of benzene rings is 1. The molecule has 1 aromatic rings. The lowest BCUT2D eigenvalue weighted by molar-refractivity contribution is -0.128. The van der Waals surface area contributed by atoms with Gasteiger partial charge >= 0.3 is 0 Å². The standard InChI is InChI=1S/C20H33N3O4S/c1-8-23(9-2)28(26,27)16-12-14(3)15(4)17(13-16)22-18(24)10-11-21-19(25)20(5,6)7/h12-13H,8-11H2,1-7H3,(H,21,25)(H,22,24). The van der Waals surface area contributed by atoms with Gasteiger partial charge in [0.1, 0.15) is 0 Å². The topological polar surface area (TPSA) is 95.6 Å². The Balaban J connectivity index is 2.96. The van der Waals surface area contributed by atoms with Gasteiger partial charge in [0.05, 0.1) is 4.90 Å². The minimum Gasteiger partial charge on any atom is -0.355 e. The lowest BCUT2D eigenvalue weighted by Crippen LogP contribution is -2.36. The highest BCUT2D eigenvalue weighted by Gasteiger charge is 2.24. The molecule has 0 bridgehead atoms. The molecule has 0 aliphatic rings. The second kappa shape index (κ2) is 9.52. The zero-order valence-electron chi connectivity index (χ0n) is 18.0. The third kappa shape index (κ3) is 6.04. The smallest absolute Gasteiger partial charge is 0.243 e. The summed E-state index contributed by atoms with van der Waals surface area (Å²) < 4.78 is 27.0. The van der Waals surface area contributed by atoms with Gasteiger partial charge in [0, 0.05) is 37.2 Å². The number of amides is 2. The fraction of sp³-hybridized carbons (Fsp3) is 0.600. The maximum absolute atomic E-state index is 12.8. The van der Waals surface area contributed by atoms with Crippen molar-refractivity contribution in [3.05, 3.63) is 23.3 Å². The summed E-state index contributed by atoms with van der Waals surface area (Å²) in [7, 11) is -3.62. The van der Waals surface area contributed by atoms with Crippen LogP contribution in [-0.2, 0) is 19.6 Å².